The zero-order valence-electron chi connectivity index (χ0n) is 15.1. The van der Waals surface area contributed by atoms with Gasteiger partial charge in [-0.3, -0.25) is 4.90 Å². The number of phenols is 1. The zero-order chi connectivity index (χ0) is 18.4. The summed E-state index contributed by atoms with van der Waals surface area (Å²) in [5.74, 6) is 0.457. The van der Waals surface area contributed by atoms with Crippen molar-refractivity contribution in [3.05, 3.63) is 64.6 Å². The van der Waals surface area contributed by atoms with Gasteiger partial charge >= 0.3 is 0 Å². The Kier molecular flexibility index (Phi) is 6.67. The van der Waals surface area contributed by atoms with Crippen molar-refractivity contribution in [3.8, 4) is 5.75 Å². The van der Waals surface area contributed by atoms with E-state index in [2.05, 4.69) is 11.9 Å². The predicted molar refractivity (Wildman–Crippen MR) is 98.7 cm³/mol. The summed E-state index contributed by atoms with van der Waals surface area (Å²) in [5, 5.41) is 28.8. The molecule has 2 rings (SSSR count). The van der Waals surface area contributed by atoms with Crippen molar-refractivity contribution in [2.75, 3.05) is 20.7 Å². The van der Waals surface area contributed by atoms with Crippen LogP contribution in [0.1, 0.15) is 36.1 Å². The summed E-state index contributed by atoms with van der Waals surface area (Å²) >= 11 is 0. The van der Waals surface area contributed by atoms with Gasteiger partial charge in [-0.25, -0.2) is 0 Å². The number of aliphatic hydroxyl groups is 2. The maximum Gasteiger partial charge on any atom is 0.121 e. The van der Waals surface area contributed by atoms with Crippen LogP contribution in [-0.4, -0.2) is 40.9 Å². The molecule has 5 heteroatoms. The van der Waals surface area contributed by atoms with Crippen molar-refractivity contribution < 1.29 is 20.1 Å². The number of nitrogens with zero attached hydrogens (tertiary/aromatic N) is 1. The summed E-state index contributed by atoms with van der Waals surface area (Å²) in [6.45, 7) is 2.91. The monoisotopic (exact) mass is 345 g/mol. The molecule has 1 heterocycles. The van der Waals surface area contributed by atoms with E-state index in [4.69, 9.17) is 9.84 Å². The van der Waals surface area contributed by atoms with Crippen LogP contribution in [0.2, 0.25) is 0 Å². The van der Waals surface area contributed by atoms with Crippen molar-refractivity contribution in [2.24, 2.45) is 0 Å². The zero-order valence-corrected chi connectivity index (χ0v) is 15.1. The van der Waals surface area contributed by atoms with Gasteiger partial charge in [0.05, 0.1) is 18.6 Å². The van der Waals surface area contributed by atoms with E-state index in [9.17, 15) is 10.2 Å². The van der Waals surface area contributed by atoms with Crippen molar-refractivity contribution in [3.63, 3.8) is 0 Å². The first kappa shape index (κ1) is 19.1. The Labute approximate surface area is 149 Å². The molecular weight excluding hydrogens is 318 g/mol. The van der Waals surface area contributed by atoms with Crippen LogP contribution in [-0.2, 0) is 17.8 Å². The Bertz CT molecular complexity index is 687. The van der Waals surface area contributed by atoms with Crippen molar-refractivity contribution in [1.82, 2.24) is 4.90 Å². The number of rotatable bonds is 6. The molecule has 3 N–H and O–H groups in total. The van der Waals surface area contributed by atoms with Crippen molar-refractivity contribution in [2.45, 2.75) is 32.4 Å². The molecule has 0 unspecified atom stereocenters. The van der Waals surface area contributed by atoms with E-state index in [-0.39, 0.29) is 17.6 Å². The highest BCUT2D eigenvalue weighted by atomic mass is 16.5. The van der Waals surface area contributed by atoms with Gasteiger partial charge in [0, 0.05) is 25.3 Å². The summed E-state index contributed by atoms with van der Waals surface area (Å²) in [7, 11) is 3.67. The molecule has 1 aliphatic heterocycles. The van der Waals surface area contributed by atoms with E-state index < -0.39 is 0 Å². The normalized spacial score (nSPS) is 19.4. The van der Waals surface area contributed by atoms with Gasteiger partial charge in [0.15, 0.2) is 0 Å². The molecule has 0 spiro atoms. The molecular formula is C20H27NO4. The van der Waals surface area contributed by atoms with Crippen LogP contribution in [0.4, 0.5) is 0 Å². The molecule has 0 aromatic heterocycles. The third kappa shape index (κ3) is 4.87. The number of benzene rings is 1. The van der Waals surface area contributed by atoms with E-state index in [1.807, 2.05) is 12.1 Å². The Morgan fingerprint density at radius 3 is 2.76 bits per heavy atom. The van der Waals surface area contributed by atoms with Gasteiger partial charge < -0.3 is 20.1 Å². The SMILES string of the molecule is COCc1cc2c(cc1O)[C@H](CC(=C/C=C(\C)O)/C=C/O)N(C)CC2. The highest BCUT2D eigenvalue weighted by Gasteiger charge is 2.26. The quantitative estimate of drug-likeness (QED) is 0.538. The molecule has 0 aliphatic carbocycles. The van der Waals surface area contributed by atoms with Crippen LogP contribution in [0.5, 0.6) is 5.75 Å². The first-order valence-electron chi connectivity index (χ1n) is 8.37. The highest BCUT2D eigenvalue weighted by Crippen LogP contribution is 2.37. The largest absolute Gasteiger partial charge is 0.516 e. The topological polar surface area (TPSA) is 73.2 Å². The van der Waals surface area contributed by atoms with E-state index in [0.717, 1.165) is 35.9 Å². The lowest BCUT2D eigenvalue weighted by molar-refractivity contribution is 0.181. The van der Waals surface area contributed by atoms with Gasteiger partial charge in [0.1, 0.15) is 5.75 Å². The predicted octanol–water partition coefficient (Wildman–Crippen LogP) is 3.92. The van der Waals surface area contributed by atoms with Crippen LogP contribution in [0.15, 0.2) is 48.0 Å². The second-order valence-corrected chi connectivity index (χ2v) is 6.43. The molecule has 1 aromatic rings. The summed E-state index contributed by atoms with van der Waals surface area (Å²) in [6.07, 6.45) is 7.62. The second kappa shape index (κ2) is 8.74. The van der Waals surface area contributed by atoms with Gasteiger partial charge in [-0.05, 0) is 67.8 Å². The fourth-order valence-corrected chi connectivity index (χ4v) is 3.19. The molecule has 1 aliphatic rings. The molecule has 0 saturated heterocycles. The molecule has 1 atom stereocenters. The number of aromatic hydroxyl groups is 1. The molecule has 0 saturated carbocycles. The minimum atomic E-state index is 0.0843. The number of likely N-dealkylation sites (N-methyl/N-ethyl adjacent to an activating group) is 1. The number of hydrogen-bond acceptors (Lipinski definition) is 5. The first-order chi connectivity index (χ1) is 12.0. The average Bonchev–Trinajstić information content (AvgIpc) is 2.56. The minimum absolute atomic E-state index is 0.0843. The van der Waals surface area contributed by atoms with Gasteiger partial charge in [-0.15, -0.1) is 0 Å². The maximum absolute atomic E-state index is 10.3. The Morgan fingerprint density at radius 1 is 1.36 bits per heavy atom. The Hall–Kier alpha value is -2.24. The number of hydrogen-bond donors (Lipinski definition) is 3. The van der Waals surface area contributed by atoms with Crippen LogP contribution in [0.25, 0.3) is 0 Å². The molecule has 0 fully saturated rings. The number of ether oxygens (including phenoxy) is 1. The standard InChI is InChI=1S/C20H27NO4/c1-14(23)4-5-15(7-9-22)10-19-18-12-20(24)17(13-25-3)11-16(18)6-8-21(19)2/h4-5,7,9,11-12,19,22-24H,6,8,10,13H2,1-3H3/b9-7+,14-4+,15-5+/t19-/m0/s1. The van der Waals surface area contributed by atoms with E-state index in [1.54, 1.807) is 32.3 Å². The third-order valence-corrected chi connectivity index (χ3v) is 4.52. The maximum atomic E-state index is 10.3. The summed E-state index contributed by atoms with van der Waals surface area (Å²) < 4.78 is 5.15. The lowest BCUT2D eigenvalue weighted by atomic mass is 9.87. The summed E-state index contributed by atoms with van der Waals surface area (Å²) in [4.78, 5) is 2.24. The number of allylic oxidation sites excluding steroid dienone is 4. The van der Waals surface area contributed by atoms with Crippen LogP contribution >= 0.6 is 0 Å². The number of fused-ring (bicyclic) bond motifs is 1. The second-order valence-electron chi connectivity index (χ2n) is 6.43. The van der Waals surface area contributed by atoms with Crippen LogP contribution < -0.4 is 0 Å². The minimum Gasteiger partial charge on any atom is -0.516 e. The van der Waals surface area contributed by atoms with Gasteiger partial charge in [-0.2, -0.15) is 0 Å². The average molecular weight is 345 g/mol. The molecule has 5 nitrogen and oxygen atoms in total. The molecule has 0 bridgehead atoms. The van der Waals surface area contributed by atoms with Crippen LogP contribution in [0, 0.1) is 0 Å². The number of methoxy groups -OCH3 is 1. The van der Waals surface area contributed by atoms with Crippen LogP contribution in [0.3, 0.4) is 0 Å². The third-order valence-electron chi connectivity index (χ3n) is 4.52. The lowest BCUT2D eigenvalue weighted by Crippen LogP contribution is -2.32. The van der Waals surface area contributed by atoms with E-state index in [0.29, 0.717) is 13.0 Å². The Morgan fingerprint density at radius 2 is 2.12 bits per heavy atom. The summed E-state index contributed by atoms with van der Waals surface area (Å²) in [6, 6.07) is 3.94. The highest BCUT2D eigenvalue weighted by molar-refractivity contribution is 5.45. The van der Waals surface area contributed by atoms with E-state index in [1.165, 1.54) is 5.56 Å². The number of aliphatic hydroxyl groups excluding tert-OH is 2. The fourth-order valence-electron chi connectivity index (χ4n) is 3.19. The van der Waals surface area contributed by atoms with E-state index >= 15 is 0 Å². The summed E-state index contributed by atoms with van der Waals surface area (Å²) in [5.41, 5.74) is 4.00. The molecule has 25 heavy (non-hydrogen) atoms. The number of phenolic OH excluding ortho intramolecular Hbond substituents is 1. The molecule has 1 aromatic carbocycles. The lowest BCUT2D eigenvalue weighted by Gasteiger charge is -2.35. The molecule has 136 valence electrons. The Balaban J connectivity index is 2.37. The first-order valence-corrected chi connectivity index (χ1v) is 8.37. The van der Waals surface area contributed by atoms with Gasteiger partial charge in [0.25, 0.3) is 0 Å². The van der Waals surface area contributed by atoms with Crippen molar-refractivity contribution >= 4 is 0 Å². The van der Waals surface area contributed by atoms with Gasteiger partial charge in [0.2, 0.25) is 0 Å². The van der Waals surface area contributed by atoms with Crippen molar-refractivity contribution in [1.29, 1.82) is 0 Å². The fraction of sp³-hybridized carbons (Fsp3) is 0.400. The molecule has 0 radical (unpaired) electrons. The molecule has 0 amide bonds. The van der Waals surface area contributed by atoms with Gasteiger partial charge in [-0.1, -0.05) is 6.08 Å². The smallest absolute Gasteiger partial charge is 0.121 e.